The molecular formula is C15H16ClFN4O2. The van der Waals surface area contributed by atoms with Gasteiger partial charge in [0, 0.05) is 19.2 Å². The van der Waals surface area contributed by atoms with Crippen LogP contribution in [0.4, 0.5) is 10.1 Å². The molecule has 23 heavy (non-hydrogen) atoms. The number of aromatic nitrogens is 3. The molecule has 0 unspecified atom stereocenters. The predicted octanol–water partition coefficient (Wildman–Crippen LogP) is 1.66. The van der Waals surface area contributed by atoms with E-state index in [1.807, 2.05) is 0 Å². The van der Waals surface area contributed by atoms with Gasteiger partial charge in [-0.05, 0) is 31.9 Å². The molecule has 0 bridgehead atoms. The molecule has 2 aromatic rings. The minimum atomic E-state index is -0.368. The van der Waals surface area contributed by atoms with Gasteiger partial charge in [-0.1, -0.05) is 11.6 Å². The van der Waals surface area contributed by atoms with Crippen LogP contribution in [0.15, 0.2) is 16.9 Å². The van der Waals surface area contributed by atoms with E-state index >= 15 is 0 Å². The molecule has 8 heteroatoms. The summed E-state index contributed by atoms with van der Waals surface area (Å²) in [5.74, 6) is -0.183. The van der Waals surface area contributed by atoms with E-state index in [9.17, 15) is 14.0 Å². The van der Waals surface area contributed by atoms with E-state index in [2.05, 4.69) is 5.10 Å². The maximum atomic E-state index is 14.0. The van der Waals surface area contributed by atoms with Gasteiger partial charge in [0.15, 0.2) is 0 Å². The Labute approximate surface area is 137 Å². The van der Waals surface area contributed by atoms with Crippen LogP contribution in [0.1, 0.15) is 17.8 Å². The molecule has 1 aliphatic heterocycles. The number of amides is 1. The van der Waals surface area contributed by atoms with Crippen molar-refractivity contribution in [3.8, 4) is 0 Å². The van der Waals surface area contributed by atoms with E-state index in [-0.39, 0.29) is 24.0 Å². The molecule has 0 spiro atoms. The Bertz CT molecular complexity index is 843. The van der Waals surface area contributed by atoms with Crippen LogP contribution in [0.2, 0.25) is 5.02 Å². The number of carbonyl (C=O) groups excluding carboxylic acids is 1. The smallest absolute Gasteiger partial charge is 0.309 e. The number of fused-ring (bicyclic) bond motifs is 1. The number of rotatable bonds is 2. The van der Waals surface area contributed by atoms with Gasteiger partial charge < -0.3 is 4.90 Å². The van der Waals surface area contributed by atoms with Gasteiger partial charge in [0.2, 0.25) is 5.91 Å². The van der Waals surface area contributed by atoms with Crippen molar-refractivity contribution in [3.05, 3.63) is 44.8 Å². The quantitative estimate of drug-likeness (QED) is 0.836. The maximum Gasteiger partial charge on any atom is 0.346 e. The molecule has 1 aromatic carbocycles. The molecule has 0 saturated heterocycles. The Balaban J connectivity index is 1.95. The molecule has 0 fully saturated rings. The zero-order valence-electron chi connectivity index (χ0n) is 12.8. The van der Waals surface area contributed by atoms with Gasteiger partial charge in [0.05, 0.1) is 10.7 Å². The molecule has 122 valence electrons. The summed E-state index contributed by atoms with van der Waals surface area (Å²) in [5.41, 5.74) is 0.490. The second-order valence-corrected chi connectivity index (χ2v) is 5.96. The van der Waals surface area contributed by atoms with Crippen LogP contribution in [0.3, 0.4) is 0 Å². The second kappa shape index (κ2) is 5.81. The minimum Gasteiger partial charge on any atom is -0.309 e. The van der Waals surface area contributed by atoms with E-state index < -0.39 is 0 Å². The van der Waals surface area contributed by atoms with Crippen molar-refractivity contribution in [1.82, 2.24) is 14.3 Å². The van der Waals surface area contributed by atoms with Crippen molar-refractivity contribution < 1.29 is 9.18 Å². The van der Waals surface area contributed by atoms with Crippen LogP contribution in [0.25, 0.3) is 0 Å². The lowest BCUT2D eigenvalue weighted by molar-refractivity contribution is -0.119. The molecule has 3 rings (SSSR count). The fourth-order valence-electron chi connectivity index (χ4n) is 2.80. The molecule has 1 amide bonds. The summed E-state index contributed by atoms with van der Waals surface area (Å²) in [6, 6.07) is 2.75. The first-order valence-electron chi connectivity index (χ1n) is 7.28. The maximum absolute atomic E-state index is 14.0. The lowest BCUT2D eigenvalue weighted by Crippen LogP contribution is -2.40. The highest BCUT2D eigenvalue weighted by Crippen LogP contribution is 2.36. The lowest BCUT2D eigenvalue weighted by Gasteiger charge is -2.30. The van der Waals surface area contributed by atoms with E-state index in [0.717, 1.165) is 4.68 Å². The fraction of sp³-hybridized carbons (Fsp3) is 0.400. The van der Waals surface area contributed by atoms with Crippen molar-refractivity contribution in [2.45, 2.75) is 26.3 Å². The van der Waals surface area contributed by atoms with Gasteiger partial charge in [0.25, 0.3) is 0 Å². The standard InChI is InChI=1S/C15H16ClFN4O2/c1-9-18-21(15(23)19(9)2)8-13(22)20-7-3-4-10-12(17)6-5-11(16)14(10)20/h5-6H,3-4,7-8H2,1-2H3. The summed E-state index contributed by atoms with van der Waals surface area (Å²) < 4.78 is 16.4. The Hall–Kier alpha value is -2.15. The third-order valence-electron chi connectivity index (χ3n) is 4.10. The van der Waals surface area contributed by atoms with Gasteiger partial charge in [-0.2, -0.15) is 5.10 Å². The average molecular weight is 339 g/mol. The molecule has 0 N–H and O–H groups in total. The van der Waals surface area contributed by atoms with Crippen LogP contribution in [0.5, 0.6) is 0 Å². The average Bonchev–Trinajstić information content (AvgIpc) is 2.77. The number of nitrogens with zero attached hydrogens (tertiary/aromatic N) is 4. The predicted molar refractivity (Wildman–Crippen MR) is 84.3 cm³/mol. The van der Waals surface area contributed by atoms with Gasteiger partial charge in [-0.3, -0.25) is 9.36 Å². The van der Waals surface area contributed by atoms with E-state index in [1.54, 1.807) is 14.0 Å². The van der Waals surface area contributed by atoms with Crippen LogP contribution in [-0.4, -0.2) is 26.8 Å². The third-order valence-corrected chi connectivity index (χ3v) is 4.40. The van der Waals surface area contributed by atoms with Crippen molar-refractivity contribution in [1.29, 1.82) is 0 Å². The van der Waals surface area contributed by atoms with Crippen LogP contribution >= 0.6 is 11.6 Å². The SMILES string of the molecule is Cc1nn(CC(=O)N2CCCc3c(F)ccc(Cl)c32)c(=O)n1C. The normalized spacial score (nSPS) is 14.0. The van der Waals surface area contributed by atoms with Crippen molar-refractivity contribution in [3.63, 3.8) is 0 Å². The molecule has 0 saturated carbocycles. The fourth-order valence-corrected chi connectivity index (χ4v) is 3.08. The van der Waals surface area contributed by atoms with Crippen LogP contribution in [-0.2, 0) is 24.8 Å². The molecule has 0 atom stereocenters. The summed E-state index contributed by atoms with van der Waals surface area (Å²) in [6.07, 6.45) is 1.18. The number of aryl methyl sites for hydroxylation is 1. The Kier molecular flexibility index (Phi) is 3.97. The lowest BCUT2D eigenvalue weighted by atomic mass is 10.0. The first-order valence-corrected chi connectivity index (χ1v) is 7.65. The number of hydrogen-bond acceptors (Lipinski definition) is 3. The minimum absolute atomic E-state index is 0.202. The summed E-state index contributed by atoms with van der Waals surface area (Å²) in [6.45, 7) is 1.92. The molecular weight excluding hydrogens is 323 g/mol. The number of halogens is 2. The van der Waals surface area contributed by atoms with E-state index in [4.69, 9.17) is 11.6 Å². The highest BCUT2D eigenvalue weighted by atomic mass is 35.5. The van der Waals surface area contributed by atoms with Gasteiger partial charge in [-0.15, -0.1) is 0 Å². The van der Waals surface area contributed by atoms with E-state index in [0.29, 0.717) is 41.5 Å². The van der Waals surface area contributed by atoms with Crippen molar-refractivity contribution >= 4 is 23.2 Å². The van der Waals surface area contributed by atoms with Gasteiger partial charge in [0.1, 0.15) is 18.2 Å². The molecule has 1 aliphatic rings. The monoisotopic (exact) mass is 338 g/mol. The molecule has 0 aliphatic carbocycles. The van der Waals surface area contributed by atoms with E-state index in [1.165, 1.54) is 21.6 Å². The largest absolute Gasteiger partial charge is 0.346 e. The second-order valence-electron chi connectivity index (χ2n) is 5.55. The van der Waals surface area contributed by atoms with Crippen LogP contribution in [0, 0.1) is 12.7 Å². The number of benzene rings is 1. The summed E-state index contributed by atoms with van der Waals surface area (Å²) >= 11 is 6.17. The first-order chi connectivity index (χ1) is 10.9. The molecule has 2 heterocycles. The zero-order chi connectivity index (χ0) is 16.7. The van der Waals surface area contributed by atoms with Crippen LogP contribution < -0.4 is 10.6 Å². The number of anilines is 1. The number of carbonyl (C=O) groups is 1. The zero-order valence-corrected chi connectivity index (χ0v) is 13.6. The van der Waals surface area contributed by atoms with Gasteiger partial charge >= 0.3 is 5.69 Å². The topological polar surface area (TPSA) is 60.1 Å². The van der Waals surface area contributed by atoms with Crippen molar-refractivity contribution in [2.24, 2.45) is 7.05 Å². The summed E-state index contributed by atoms with van der Waals surface area (Å²) in [4.78, 5) is 26.0. The summed E-state index contributed by atoms with van der Waals surface area (Å²) in [7, 11) is 1.59. The third kappa shape index (κ3) is 2.65. The number of hydrogen-bond donors (Lipinski definition) is 0. The van der Waals surface area contributed by atoms with Crippen molar-refractivity contribution in [2.75, 3.05) is 11.4 Å². The molecule has 0 radical (unpaired) electrons. The molecule has 6 nitrogen and oxygen atoms in total. The van der Waals surface area contributed by atoms with Gasteiger partial charge in [-0.25, -0.2) is 13.9 Å². The Morgan fingerprint density at radius 1 is 1.43 bits per heavy atom. The Morgan fingerprint density at radius 3 is 2.83 bits per heavy atom. The highest BCUT2D eigenvalue weighted by molar-refractivity contribution is 6.34. The summed E-state index contributed by atoms with van der Waals surface area (Å²) in [5, 5.41) is 4.39. The molecule has 1 aromatic heterocycles. The Morgan fingerprint density at radius 2 is 2.17 bits per heavy atom. The first kappa shape index (κ1) is 15.7. The highest BCUT2D eigenvalue weighted by Gasteiger charge is 2.28.